The summed E-state index contributed by atoms with van der Waals surface area (Å²) in [7, 11) is 0. The van der Waals surface area contributed by atoms with Gasteiger partial charge < -0.3 is 23.5 Å². The van der Waals surface area contributed by atoms with Crippen LogP contribution in [0.2, 0.25) is 0 Å². The molecule has 0 bridgehead atoms. The van der Waals surface area contributed by atoms with Gasteiger partial charge in [0.25, 0.3) is 6.71 Å². The Balaban J connectivity index is 1.11. The van der Waals surface area contributed by atoms with Gasteiger partial charge in [0, 0.05) is 55.7 Å². The van der Waals surface area contributed by atoms with Crippen molar-refractivity contribution < 1.29 is 8.83 Å². The van der Waals surface area contributed by atoms with E-state index in [9.17, 15) is 0 Å². The van der Waals surface area contributed by atoms with E-state index >= 15 is 0 Å². The van der Waals surface area contributed by atoms with Gasteiger partial charge in [-0.2, -0.15) is 0 Å². The highest BCUT2D eigenvalue weighted by atomic mass is 16.3. The fourth-order valence-corrected chi connectivity index (χ4v) is 16.7. The number of nitrogens with zero attached hydrogens (tertiary/aromatic N) is 3. The Hall–Kier alpha value is -7.18. The molecular formula is C72H70BN3O2. The van der Waals surface area contributed by atoms with E-state index in [0.717, 1.165) is 93.8 Å². The third-order valence-corrected chi connectivity index (χ3v) is 21.5. The zero-order valence-corrected chi connectivity index (χ0v) is 47.2. The number of rotatable bonds is 3. The topological polar surface area (TPSA) is 36.0 Å². The molecule has 6 heteroatoms. The van der Waals surface area contributed by atoms with Crippen LogP contribution in [-0.2, 0) is 27.1 Å². The molecule has 0 radical (unpaired) electrons. The monoisotopic (exact) mass is 1020 g/mol. The molecular weight excluding hydrogens is 950 g/mol. The maximum Gasteiger partial charge on any atom is 0.252 e. The van der Waals surface area contributed by atoms with E-state index in [-0.39, 0.29) is 39.3 Å². The molecule has 1 saturated carbocycles. The van der Waals surface area contributed by atoms with Crippen LogP contribution < -0.4 is 31.1 Å². The van der Waals surface area contributed by atoms with E-state index in [4.69, 9.17) is 8.83 Å². The molecule has 10 aromatic rings. The van der Waals surface area contributed by atoms with Crippen LogP contribution in [-0.4, -0.2) is 12.3 Å². The molecule has 2 unspecified atom stereocenters. The van der Waals surface area contributed by atoms with E-state index < -0.39 is 0 Å². The molecule has 0 amide bonds. The predicted molar refractivity (Wildman–Crippen MR) is 328 cm³/mol. The molecule has 0 spiro atoms. The largest absolute Gasteiger partial charge is 0.456 e. The molecule has 78 heavy (non-hydrogen) atoms. The molecule has 2 atom stereocenters. The highest BCUT2D eigenvalue weighted by molar-refractivity contribution is 7.00. The van der Waals surface area contributed by atoms with Crippen LogP contribution >= 0.6 is 0 Å². The van der Waals surface area contributed by atoms with Gasteiger partial charge in [0.2, 0.25) is 0 Å². The number of fused-ring (bicyclic) bond motifs is 15. The molecule has 8 aromatic carbocycles. The first-order valence-corrected chi connectivity index (χ1v) is 29.3. The van der Waals surface area contributed by atoms with Crippen LogP contribution in [0.4, 0.5) is 45.5 Å². The Morgan fingerprint density at radius 3 is 1.53 bits per heavy atom. The summed E-state index contributed by atoms with van der Waals surface area (Å²) in [5.41, 5.74) is 24.5. The third-order valence-electron chi connectivity index (χ3n) is 21.5. The van der Waals surface area contributed by atoms with Crippen molar-refractivity contribution in [1.82, 2.24) is 0 Å². The fourth-order valence-electron chi connectivity index (χ4n) is 16.7. The van der Waals surface area contributed by atoms with E-state index in [1.807, 2.05) is 0 Å². The van der Waals surface area contributed by atoms with Crippen molar-refractivity contribution in [2.45, 2.75) is 153 Å². The minimum absolute atomic E-state index is 0.00791. The number of anilines is 8. The highest BCUT2D eigenvalue weighted by Crippen LogP contribution is 2.63. The van der Waals surface area contributed by atoms with Crippen LogP contribution in [0, 0.1) is 0 Å². The van der Waals surface area contributed by atoms with Crippen LogP contribution in [0.25, 0.3) is 43.9 Å². The second-order valence-corrected chi connectivity index (χ2v) is 27.6. The summed E-state index contributed by atoms with van der Waals surface area (Å²) in [5.74, 6) is 0. The Morgan fingerprint density at radius 2 is 0.872 bits per heavy atom. The lowest BCUT2D eigenvalue weighted by Gasteiger charge is -2.51. The molecule has 6 aliphatic rings. The van der Waals surface area contributed by atoms with Crippen molar-refractivity contribution in [1.29, 1.82) is 0 Å². The summed E-state index contributed by atoms with van der Waals surface area (Å²) in [6.45, 7) is 25.0. The van der Waals surface area contributed by atoms with Gasteiger partial charge in [-0.25, -0.2) is 0 Å². The third kappa shape index (κ3) is 5.99. The van der Waals surface area contributed by atoms with Gasteiger partial charge >= 0.3 is 0 Å². The second kappa shape index (κ2) is 15.3. The van der Waals surface area contributed by atoms with Crippen molar-refractivity contribution in [3.05, 3.63) is 173 Å². The first-order valence-electron chi connectivity index (χ1n) is 29.3. The van der Waals surface area contributed by atoms with Crippen LogP contribution in [0.15, 0.2) is 154 Å². The Bertz CT molecular complexity index is 4260. The fraction of sp³-hybridized carbons (Fsp3) is 0.333. The summed E-state index contributed by atoms with van der Waals surface area (Å²) in [5, 5.41) is 4.56. The van der Waals surface area contributed by atoms with Crippen LogP contribution in [0.1, 0.15) is 148 Å². The van der Waals surface area contributed by atoms with E-state index in [1.54, 1.807) is 0 Å². The van der Waals surface area contributed by atoms with Gasteiger partial charge in [0.05, 0.1) is 22.3 Å². The zero-order valence-electron chi connectivity index (χ0n) is 47.2. The molecule has 3 aliphatic carbocycles. The summed E-state index contributed by atoms with van der Waals surface area (Å²) >= 11 is 0. The first-order chi connectivity index (χ1) is 37.4. The number of hydrogen-bond acceptors (Lipinski definition) is 5. The summed E-state index contributed by atoms with van der Waals surface area (Å²) in [4.78, 5) is 8.18. The van der Waals surface area contributed by atoms with Crippen molar-refractivity contribution in [3.63, 3.8) is 0 Å². The minimum atomic E-state index is -0.174. The number of benzene rings is 8. The number of furan rings is 2. The summed E-state index contributed by atoms with van der Waals surface area (Å²) in [6.07, 6.45) is 9.26. The van der Waals surface area contributed by atoms with Gasteiger partial charge in [0.15, 0.2) is 5.58 Å². The van der Waals surface area contributed by atoms with Crippen LogP contribution in [0.3, 0.4) is 0 Å². The molecule has 3 aliphatic heterocycles. The SMILES string of the molecule is CC1(C)CCC(C)(C)c2cc3c(cc21)B1c2cc4c(cc2N(c2cccc5oc6ccccc6c25)c2cc(N5c6ccccc6C6(C)CCCCC56C)cc(c21)N3c1cccc2c1oc1ccccc12)C(C)(C)CCC4(C)C. The van der Waals surface area contributed by atoms with Gasteiger partial charge in [0.1, 0.15) is 16.7 Å². The molecule has 388 valence electrons. The Labute approximate surface area is 460 Å². The Kier molecular flexibility index (Phi) is 9.22. The lowest BCUT2D eigenvalue weighted by Crippen LogP contribution is -2.62. The average molecular weight is 1020 g/mol. The normalized spacial score (nSPS) is 22.7. The van der Waals surface area contributed by atoms with E-state index in [0.29, 0.717) is 0 Å². The smallest absolute Gasteiger partial charge is 0.252 e. The minimum Gasteiger partial charge on any atom is -0.456 e. The summed E-state index contributed by atoms with van der Waals surface area (Å²) in [6, 6.07) is 56.3. The molecule has 1 fully saturated rings. The first kappa shape index (κ1) is 46.9. The van der Waals surface area contributed by atoms with Crippen LogP contribution in [0.5, 0.6) is 0 Å². The quantitative estimate of drug-likeness (QED) is 0.165. The molecule has 0 N–H and O–H groups in total. The molecule has 5 nitrogen and oxygen atoms in total. The maximum absolute atomic E-state index is 7.19. The van der Waals surface area contributed by atoms with E-state index in [1.165, 1.54) is 91.2 Å². The molecule has 0 saturated heterocycles. The van der Waals surface area contributed by atoms with Gasteiger partial charge in [-0.3, -0.25) is 0 Å². The van der Waals surface area contributed by atoms with Gasteiger partial charge in [-0.1, -0.05) is 160 Å². The van der Waals surface area contributed by atoms with Crippen molar-refractivity contribution >= 4 is 112 Å². The van der Waals surface area contributed by atoms with Crippen molar-refractivity contribution in [2.75, 3.05) is 14.7 Å². The van der Waals surface area contributed by atoms with Gasteiger partial charge in [-0.15, -0.1) is 0 Å². The lowest BCUT2D eigenvalue weighted by molar-refractivity contribution is 0.195. The number of hydrogen-bond donors (Lipinski definition) is 0. The van der Waals surface area contributed by atoms with Gasteiger partial charge in [-0.05, 0) is 172 Å². The summed E-state index contributed by atoms with van der Waals surface area (Å²) < 4.78 is 14.0. The zero-order chi connectivity index (χ0) is 53.2. The average Bonchev–Trinajstić information content (AvgIpc) is 3.50. The van der Waals surface area contributed by atoms with Crippen molar-refractivity contribution in [3.8, 4) is 0 Å². The Morgan fingerprint density at radius 1 is 0.385 bits per heavy atom. The molecule has 2 aromatic heterocycles. The number of para-hydroxylation sites is 4. The molecule has 16 rings (SSSR count). The van der Waals surface area contributed by atoms with Crippen molar-refractivity contribution in [2.24, 2.45) is 0 Å². The standard InChI is InChI=1S/C72H70BN3O2/c1-67(2)33-35-69(5,6)50-41-57-52(39-48(50)67)73-53-40-49-51(70(7,8)36-34-68(49,3)4)42-58(53)75(56-27-19-23-45-44-21-11-15-28-61(44)78-66(45)56)60-38-43(76-54-25-14-13-24-47(54)71(9)31-17-18-32-72(71,76)10)37-59(65(60)73)74(57)55-26-20-30-63-64(55)46-22-12-16-29-62(46)77-63/h11-16,19-30,37-42H,17-18,31-36H2,1-10H3. The highest BCUT2D eigenvalue weighted by Gasteiger charge is 2.58. The maximum atomic E-state index is 7.19. The lowest BCUT2D eigenvalue weighted by atomic mass is 9.32. The second-order valence-electron chi connectivity index (χ2n) is 27.6. The predicted octanol–water partition coefficient (Wildman–Crippen LogP) is 18.0. The van der Waals surface area contributed by atoms with E-state index in [2.05, 4.69) is 230 Å². The molecule has 5 heterocycles.